The maximum Gasteiger partial charge on any atom is 0.242 e. The first-order valence-electron chi connectivity index (χ1n) is 8.51. The van der Waals surface area contributed by atoms with Crippen molar-refractivity contribution >= 4 is 35.4 Å². The molecule has 3 rings (SSSR count). The van der Waals surface area contributed by atoms with Crippen molar-refractivity contribution in [2.45, 2.75) is 26.3 Å². The molecule has 0 aliphatic carbocycles. The molecule has 0 saturated carbocycles. The molecule has 25 heavy (non-hydrogen) atoms. The Morgan fingerprint density at radius 3 is 2.76 bits per heavy atom. The highest BCUT2D eigenvalue weighted by Crippen LogP contribution is 2.20. The highest BCUT2D eigenvalue weighted by molar-refractivity contribution is 7.71. The van der Waals surface area contributed by atoms with E-state index >= 15 is 0 Å². The van der Waals surface area contributed by atoms with Gasteiger partial charge in [-0.1, -0.05) is 24.6 Å². The normalized spacial score (nSPS) is 14.8. The van der Waals surface area contributed by atoms with Crippen LogP contribution in [0.15, 0.2) is 24.3 Å². The van der Waals surface area contributed by atoms with Crippen molar-refractivity contribution in [2.24, 2.45) is 0 Å². The van der Waals surface area contributed by atoms with Gasteiger partial charge in [0.1, 0.15) is 12.4 Å². The number of anilines is 1. The number of aromatic amines is 1. The molecule has 0 radical (unpaired) electrons. The third-order valence-electron chi connectivity index (χ3n) is 4.41. The lowest BCUT2D eigenvalue weighted by Crippen LogP contribution is -2.49. The number of hydrogen-bond acceptors (Lipinski definition) is 4. The molecule has 1 aromatic heterocycles. The predicted molar refractivity (Wildman–Crippen MR) is 102 cm³/mol. The van der Waals surface area contributed by atoms with Crippen molar-refractivity contribution in [3.63, 3.8) is 0 Å². The van der Waals surface area contributed by atoms with Gasteiger partial charge in [-0.2, -0.15) is 5.10 Å². The molecule has 0 bridgehead atoms. The molecule has 8 heteroatoms. The Morgan fingerprint density at radius 2 is 2.08 bits per heavy atom. The largest absolute Gasteiger partial charge is 0.368 e. The summed E-state index contributed by atoms with van der Waals surface area (Å²) >= 11 is 11.3. The Kier molecular flexibility index (Phi) is 5.75. The van der Waals surface area contributed by atoms with Crippen LogP contribution in [0.25, 0.3) is 0 Å². The van der Waals surface area contributed by atoms with E-state index in [0.717, 1.165) is 42.5 Å². The van der Waals surface area contributed by atoms with Gasteiger partial charge in [-0.25, -0.2) is 0 Å². The van der Waals surface area contributed by atoms with Gasteiger partial charge in [0, 0.05) is 43.3 Å². The minimum atomic E-state index is 0.0839. The fourth-order valence-electron chi connectivity index (χ4n) is 3.05. The third kappa shape index (κ3) is 4.22. The van der Waals surface area contributed by atoms with E-state index in [1.807, 2.05) is 33.7 Å². The highest BCUT2D eigenvalue weighted by Gasteiger charge is 2.22. The zero-order valence-corrected chi connectivity index (χ0v) is 15.8. The molecule has 1 N–H and O–H groups in total. The molecular formula is C17H22ClN5OS. The lowest BCUT2D eigenvalue weighted by molar-refractivity contribution is -0.132. The number of halogens is 1. The summed E-state index contributed by atoms with van der Waals surface area (Å²) in [6.07, 6.45) is 1.77. The topological polar surface area (TPSA) is 57.2 Å². The van der Waals surface area contributed by atoms with Crippen LogP contribution in [-0.2, 0) is 17.8 Å². The number of rotatable bonds is 5. The summed E-state index contributed by atoms with van der Waals surface area (Å²) in [6, 6.07) is 7.82. The third-order valence-corrected chi connectivity index (χ3v) is 4.96. The van der Waals surface area contributed by atoms with Crippen molar-refractivity contribution in [3.8, 4) is 0 Å². The first kappa shape index (κ1) is 17.9. The summed E-state index contributed by atoms with van der Waals surface area (Å²) in [4.78, 5) is 16.8. The van der Waals surface area contributed by atoms with E-state index < -0.39 is 0 Å². The fourth-order valence-corrected chi connectivity index (χ4v) is 3.45. The lowest BCUT2D eigenvalue weighted by atomic mass is 10.2. The standard InChI is InChI=1S/C17H22ClN5OS/c1-2-4-15-19-20-17(25)23(15)12-16(24)22-9-7-21(8-10-22)14-6-3-5-13(18)11-14/h3,5-6,11H,2,4,7-10,12H2,1H3,(H,20,25). The molecule has 1 aliphatic rings. The summed E-state index contributed by atoms with van der Waals surface area (Å²) in [7, 11) is 0. The molecule has 1 fully saturated rings. The van der Waals surface area contributed by atoms with E-state index in [1.165, 1.54) is 0 Å². The van der Waals surface area contributed by atoms with Gasteiger partial charge >= 0.3 is 0 Å². The average Bonchev–Trinajstić information content (AvgIpc) is 2.95. The van der Waals surface area contributed by atoms with Crippen LogP contribution in [0.4, 0.5) is 5.69 Å². The van der Waals surface area contributed by atoms with E-state index in [1.54, 1.807) is 0 Å². The summed E-state index contributed by atoms with van der Waals surface area (Å²) in [6.45, 7) is 5.31. The van der Waals surface area contributed by atoms with E-state index in [9.17, 15) is 4.79 Å². The second-order valence-corrected chi connectivity index (χ2v) is 6.95. The Hall–Kier alpha value is -1.86. The van der Waals surface area contributed by atoms with Crippen LogP contribution in [0.2, 0.25) is 5.02 Å². The van der Waals surface area contributed by atoms with Crippen LogP contribution in [0.1, 0.15) is 19.2 Å². The van der Waals surface area contributed by atoms with E-state index in [4.69, 9.17) is 23.8 Å². The zero-order valence-electron chi connectivity index (χ0n) is 14.2. The van der Waals surface area contributed by atoms with Crippen molar-refractivity contribution in [1.82, 2.24) is 19.7 Å². The molecule has 1 aromatic carbocycles. The van der Waals surface area contributed by atoms with Gasteiger partial charge in [-0.3, -0.25) is 14.5 Å². The van der Waals surface area contributed by atoms with Gasteiger partial charge in [-0.05, 0) is 36.8 Å². The van der Waals surface area contributed by atoms with Crippen LogP contribution >= 0.6 is 23.8 Å². The van der Waals surface area contributed by atoms with Gasteiger partial charge in [-0.15, -0.1) is 0 Å². The first-order valence-corrected chi connectivity index (χ1v) is 9.29. The number of aromatic nitrogens is 3. The maximum absolute atomic E-state index is 12.6. The Morgan fingerprint density at radius 1 is 1.32 bits per heavy atom. The molecule has 0 atom stereocenters. The smallest absolute Gasteiger partial charge is 0.242 e. The van der Waals surface area contributed by atoms with Gasteiger partial charge in [0.15, 0.2) is 4.77 Å². The number of carbonyl (C=O) groups is 1. The Balaban J connectivity index is 1.60. The van der Waals surface area contributed by atoms with Crippen molar-refractivity contribution in [3.05, 3.63) is 39.9 Å². The quantitative estimate of drug-likeness (QED) is 0.811. The van der Waals surface area contributed by atoms with Crippen LogP contribution < -0.4 is 4.90 Å². The minimum Gasteiger partial charge on any atom is -0.368 e. The second-order valence-electron chi connectivity index (χ2n) is 6.13. The number of amides is 1. The fraction of sp³-hybridized carbons (Fsp3) is 0.471. The zero-order chi connectivity index (χ0) is 17.8. The van der Waals surface area contributed by atoms with Gasteiger partial charge < -0.3 is 9.80 Å². The van der Waals surface area contributed by atoms with E-state index in [-0.39, 0.29) is 12.5 Å². The molecule has 1 saturated heterocycles. The Labute approximate surface area is 157 Å². The molecule has 134 valence electrons. The summed E-state index contributed by atoms with van der Waals surface area (Å²) < 4.78 is 2.32. The minimum absolute atomic E-state index is 0.0839. The van der Waals surface area contributed by atoms with Gasteiger partial charge in [0.05, 0.1) is 0 Å². The molecule has 0 spiro atoms. The van der Waals surface area contributed by atoms with Gasteiger partial charge in [0.2, 0.25) is 5.91 Å². The van der Waals surface area contributed by atoms with E-state index in [2.05, 4.69) is 22.0 Å². The molecule has 2 heterocycles. The monoisotopic (exact) mass is 379 g/mol. The van der Waals surface area contributed by atoms with Crippen molar-refractivity contribution in [1.29, 1.82) is 0 Å². The molecule has 6 nitrogen and oxygen atoms in total. The second kappa shape index (κ2) is 8.01. The van der Waals surface area contributed by atoms with Crippen LogP contribution in [0.5, 0.6) is 0 Å². The number of carbonyl (C=O) groups excluding carboxylic acids is 1. The number of nitrogens with zero attached hydrogens (tertiary/aromatic N) is 4. The number of piperazine rings is 1. The highest BCUT2D eigenvalue weighted by atomic mass is 35.5. The molecular weight excluding hydrogens is 358 g/mol. The molecule has 2 aromatic rings. The van der Waals surface area contributed by atoms with Crippen LogP contribution in [-0.4, -0.2) is 51.8 Å². The van der Waals surface area contributed by atoms with Crippen molar-refractivity contribution in [2.75, 3.05) is 31.1 Å². The molecule has 1 aliphatic heterocycles. The van der Waals surface area contributed by atoms with Crippen molar-refractivity contribution < 1.29 is 4.79 Å². The number of hydrogen-bond donors (Lipinski definition) is 1. The van der Waals surface area contributed by atoms with E-state index in [0.29, 0.717) is 17.9 Å². The van der Waals surface area contributed by atoms with Gasteiger partial charge in [0.25, 0.3) is 0 Å². The average molecular weight is 380 g/mol. The van der Waals surface area contributed by atoms with Crippen LogP contribution in [0, 0.1) is 4.77 Å². The first-order chi connectivity index (χ1) is 12.1. The number of H-pyrrole nitrogens is 1. The molecule has 1 amide bonds. The number of nitrogens with one attached hydrogen (secondary N) is 1. The summed E-state index contributed by atoms with van der Waals surface area (Å²) in [5.41, 5.74) is 1.10. The summed E-state index contributed by atoms with van der Waals surface area (Å²) in [5, 5.41) is 7.74. The SMILES string of the molecule is CCCc1n[nH]c(=S)n1CC(=O)N1CCN(c2cccc(Cl)c2)CC1. The van der Waals surface area contributed by atoms with Crippen LogP contribution in [0.3, 0.4) is 0 Å². The molecule has 0 unspecified atom stereocenters. The lowest BCUT2D eigenvalue weighted by Gasteiger charge is -2.36. The number of aryl methyl sites for hydroxylation is 1. The Bertz CT molecular complexity index is 794. The maximum atomic E-state index is 12.6. The predicted octanol–water partition coefficient (Wildman–Crippen LogP) is 2.90. The summed E-state index contributed by atoms with van der Waals surface area (Å²) in [5.74, 6) is 0.930. The number of benzene rings is 1.